The summed E-state index contributed by atoms with van der Waals surface area (Å²) in [5.74, 6) is 0.636. The Labute approximate surface area is 108 Å². The SMILES string of the molecule is CC(Nc1ccc([N+](=O)[O-])c(C#N)c1)c1ncn[nH]1. The number of anilines is 1. The lowest BCUT2D eigenvalue weighted by molar-refractivity contribution is -0.385. The monoisotopic (exact) mass is 258 g/mol. The van der Waals surface area contributed by atoms with E-state index < -0.39 is 4.92 Å². The lowest BCUT2D eigenvalue weighted by Crippen LogP contribution is -2.08. The molecular weight excluding hydrogens is 248 g/mol. The van der Waals surface area contributed by atoms with Gasteiger partial charge in [0.2, 0.25) is 0 Å². The van der Waals surface area contributed by atoms with Crippen molar-refractivity contribution in [2.45, 2.75) is 13.0 Å². The first-order valence-corrected chi connectivity index (χ1v) is 5.42. The minimum absolute atomic E-state index is 0.0137. The second-order valence-electron chi connectivity index (χ2n) is 3.84. The minimum Gasteiger partial charge on any atom is -0.375 e. The second kappa shape index (κ2) is 5.14. The number of aromatic nitrogens is 3. The van der Waals surface area contributed by atoms with E-state index in [1.54, 1.807) is 6.07 Å². The molecule has 8 heteroatoms. The van der Waals surface area contributed by atoms with Crippen LogP contribution in [-0.2, 0) is 0 Å². The van der Waals surface area contributed by atoms with Crippen molar-refractivity contribution < 1.29 is 4.92 Å². The van der Waals surface area contributed by atoms with E-state index in [-0.39, 0.29) is 17.3 Å². The normalized spacial score (nSPS) is 11.6. The summed E-state index contributed by atoms with van der Waals surface area (Å²) in [4.78, 5) is 14.1. The summed E-state index contributed by atoms with van der Waals surface area (Å²) in [5.41, 5.74) is 0.409. The molecule has 0 bridgehead atoms. The molecule has 0 spiro atoms. The van der Waals surface area contributed by atoms with Gasteiger partial charge in [0, 0.05) is 11.8 Å². The van der Waals surface area contributed by atoms with Crippen LogP contribution >= 0.6 is 0 Å². The third-order valence-electron chi connectivity index (χ3n) is 2.54. The van der Waals surface area contributed by atoms with Crippen molar-refractivity contribution >= 4 is 11.4 Å². The fourth-order valence-corrected chi connectivity index (χ4v) is 1.62. The maximum absolute atomic E-state index is 10.7. The molecule has 1 atom stereocenters. The summed E-state index contributed by atoms with van der Waals surface area (Å²) in [6, 6.07) is 5.93. The van der Waals surface area contributed by atoms with E-state index in [0.717, 1.165) is 0 Å². The lowest BCUT2D eigenvalue weighted by Gasteiger charge is -2.12. The van der Waals surface area contributed by atoms with Gasteiger partial charge in [0.05, 0.1) is 11.0 Å². The standard InChI is InChI=1S/C11H10N6O2/c1-7(11-13-6-14-16-11)15-9-2-3-10(17(18)19)8(4-9)5-12/h2-4,6-7,15H,1H3,(H,13,14,16). The first kappa shape index (κ1) is 12.5. The van der Waals surface area contributed by atoms with Crippen molar-refractivity contribution in [3.05, 3.63) is 46.0 Å². The van der Waals surface area contributed by atoms with Gasteiger partial charge in [-0.15, -0.1) is 0 Å². The number of nitriles is 1. The Morgan fingerprint density at radius 2 is 2.37 bits per heavy atom. The molecular formula is C11H10N6O2. The zero-order valence-electron chi connectivity index (χ0n) is 9.99. The van der Waals surface area contributed by atoms with E-state index in [1.165, 1.54) is 18.5 Å². The van der Waals surface area contributed by atoms with E-state index in [0.29, 0.717) is 11.5 Å². The molecule has 2 rings (SSSR count). The van der Waals surface area contributed by atoms with Crippen LogP contribution in [0.1, 0.15) is 24.4 Å². The van der Waals surface area contributed by atoms with Gasteiger partial charge in [0.25, 0.3) is 5.69 Å². The molecule has 0 fully saturated rings. The highest BCUT2D eigenvalue weighted by Gasteiger charge is 2.15. The second-order valence-corrected chi connectivity index (χ2v) is 3.84. The zero-order valence-corrected chi connectivity index (χ0v) is 9.99. The van der Waals surface area contributed by atoms with E-state index in [9.17, 15) is 10.1 Å². The molecule has 8 nitrogen and oxygen atoms in total. The van der Waals surface area contributed by atoms with Gasteiger partial charge in [-0.1, -0.05) is 0 Å². The highest BCUT2D eigenvalue weighted by Crippen LogP contribution is 2.24. The minimum atomic E-state index is -0.581. The molecule has 2 N–H and O–H groups in total. The summed E-state index contributed by atoms with van der Waals surface area (Å²) < 4.78 is 0. The smallest absolute Gasteiger partial charge is 0.287 e. The van der Waals surface area contributed by atoms with Gasteiger partial charge in [-0.3, -0.25) is 15.2 Å². The fraction of sp³-hybridized carbons (Fsp3) is 0.182. The van der Waals surface area contributed by atoms with Crippen molar-refractivity contribution in [1.29, 1.82) is 5.26 Å². The van der Waals surface area contributed by atoms with Gasteiger partial charge in [-0.25, -0.2) is 4.98 Å². The Kier molecular flexibility index (Phi) is 3.38. The first-order valence-electron chi connectivity index (χ1n) is 5.42. The van der Waals surface area contributed by atoms with E-state index in [4.69, 9.17) is 5.26 Å². The number of benzene rings is 1. The first-order chi connectivity index (χ1) is 9.11. The Bertz CT molecular complexity index is 631. The van der Waals surface area contributed by atoms with Crippen LogP contribution in [0.5, 0.6) is 0 Å². The number of nitrogens with one attached hydrogen (secondary N) is 2. The van der Waals surface area contributed by atoms with Crippen LogP contribution in [-0.4, -0.2) is 20.1 Å². The lowest BCUT2D eigenvalue weighted by atomic mass is 10.1. The Hall–Kier alpha value is -2.95. The molecule has 0 radical (unpaired) electrons. The van der Waals surface area contributed by atoms with Crippen LogP contribution in [0.4, 0.5) is 11.4 Å². The number of H-pyrrole nitrogens is 1. The fourth-order valence-electron chi connectivity index (χ4n) is 1.62. The van der Waals surface area contributed by atoms with Crippen molar-refractivity contribution in [3.63, 3.8) is 0 Å². The molecule has 0 saturated heterocycles. The highest BCUT2D eigenvalue weighted by molar-refractivity contribution is 5.59. The summed E-state index contributed by atoms with van der Waals surface area (Å²) >= 11 is 0. The van der Waals surface area contributed by atoms with Crippen molar-refractivity contribution in [3.8, 4) is 6.07 Å². The number of nitro benzene ring substituents is 1. The van der Waals surface area contributed by atoms with Gasteiger partial charge in [-0.05, 0) is 19.1 Å². The van der Waals surface area contributed by atoms with Crippen LogP contribution in [0.3, 0.4) is 0 Å². The number of aromatic amines is 1. The van der Waals surface area contributed by atoms with Crippen LogP contribution in [0.15, 0.2) is 24.5 Å². The average molecular weight is 258 g/mol. The molecule has 0 aliphatic carbocycles. The van der Waals surface area contributed by atoms with Crippen LogP contribution in [0, 0.1) is 21.4 Å². The molecule has 0 amide bonds. The number of rotatable bonds is 4. The largest absolute Gasteiger partial charge is 0.375 e. The Balaban J connectivity index is 2.23. The molecule has 1 aromatic carbocycles. The molecule has 1 heterocycles. The summed E-state index contributed by atoms with van der Waals surface area (Å²) in [6.07, 6.45) is 1.39. The molecule has 19 heavy (non-hydrogen) atoms. The van der Waals surface area contributed by atoms with Crippen LogP contribution in [0.2, 0.25) is 0 Å². The van der Waals surface area contributed by atoms with Gasteiger partial charge in [-0.2, -0.15) is 10.4 Å². The number of hydrogen-bond donors (Lipinski definition) is 2. The zero-order chi connectivity index (χ0) is 13.8. The van der Waals surface area contributed by atoms with Crippen LogP contribution < -0.4 is 5.32 Å². The predicted octanol–water partition coefficient (Wildman–Crippen LogP) is 1.76. The van der Waals surface area contributed by atoms with E-state index in [1.807, 2.05) is 13.0 Å². The molecule has 2 aromatic rings. The Morgan fingerprint density at radius 3 is 2.95 bits per heavy atom. The maximum atomic E-state index is 10.7. The van der Waals surface area contributed by atoms with E-state index >= 15 is 0 Å². The third-order valence-corrected chi connectivity index (χ3v) is 2.54. The predicted molar refractivity (Wildman–Crippen MR) is 66.2 cm³/mol. The van der Waals surface area contributed by atoms with Gasteiger partial charge >= 0.3 is 0 Å². The van der Waals surface area contributed by atoms with Gasteiger partial charge < -0.3 is 5.32 Å². The van der Waals surface area contributed by atoms with Crippen molar-refractivity contribution in [1.82, 2.24) is 15.2 Å². The molecule has 96 valence electrons. The number of nitrogens with zero attached hydrogens (tertiary/aromatic N) is 4. The number of nitro groups is 1. The third kappa shape index (κ3) is 2.66. The van der Waals surface area contributed by atoms with Crippen molar-refractivity contribution in [2.75, 3.05) is 5.32 Å². The summed E-state index contributed by atoms with van der Waals surface area (Å²) in [6.45, 7) is 1.86. The molecule has 0 saturated carbocycles. The maximum Gasteiger partial charge on any atom is 0.287 e. The van der Waals surface area contributed by atoms with Gasteiger partial charge in [0.15, 0.2) is 0 Å². The van der Waals surface area contributed by atoms with Gasteiger partial charge in [0.1, 0.15) is 23.8 Å². The topological polar surface area (TPSA) is 121 Å². The quantitative estimate of drug-likeness (QED) is 0.636. The number of hydrogen-bond acceptors (Lipinski definition) is 6. The molecule has 1 unspecified atom stereocenters. The molecule has 0 aliphatic rings. The van der Waals surface area contributed by atoms with Crippen LogP contribution in [0.25, 0.3) is 0 Å². The van der Waals surface area contributed by atoms with E-state index in [2.05, 4.69) is 20.5 Å². The Morgan fingerprint density at radius 1 is 1.58 bits per heavy atom. The average Bonchev–Trinajstić information content (AvgIpc) is 2.92. The highest BCUT2D eigenvalue weighted by atomic mass is 16.6. The molecule has 0 aliphatic heterocycles. The summed E-state index contributed by atoms with van der Waals surface area (Å²) in [5, 5.41) is 29.1. The summed E-state index contributed by atoms with van der Waals surface area (Å²) in [7, 11) is 0. The van der Waals surface area contributed by atoms with Crippen molar-refractivity contribution in [2.24, 2.45) is 0 Å². The molecule has 1 aromatic heterocycles.